The van der Waals surface area contributed by atoms with Gasteiger partial charge >= 0.3 is 0 Å². The third kappa shape index (κ3) is 1.98. The number of benzene rings is 1. The van der Waals surface area contributed by atoms with Crippen LogP contribution in [0, 0.1) is 12.7 Å². The first-order valence-corrected chi connectivity index (χ1v) is 6.38. The van der Waals surface area contributed by atoms with Crippen molar-refractivity contribution in [3.8, 4) is 5.69 Å². The van der Waals surface area contributed by atoms with Gasteiger partial charge in [-0.2, -0.15) is 0 Å². The highest BCUT2D eigenvalue weighted by molar-refractivity contribution is 6.17. The fourth-order valence-corrected chi connectivity index (χ4v) is 2.31. The topological polar surface area (TPSA) is 30.7 Å². The number of aryl methyl sites for hydroxylation is 1. The molecular weight excluding hydrogens is 265 g/mol. The molecular formula is C14H11ClFN3. The summed E-state index contributed by atoms with van der Waals surface area (Å²) >= 11 is 5.92. The number of fused-ring (bicyclic) bond motifs is 1. The van der Waals surface area contributed by atoms with Gasteiger partial charge in [-0.05, 0) is 30.7 Å². The van der Waals surface area contributed by atoms with Crippen LogP contribution in [-0.4, -0.2) is 14.5 Å². The van der Waals surface area contributed by atoms with Crippen molar-refractivity contribution in [3.63, 3.8) is 0 Å². The van der Waals surface area contributed by atoms with Crippen molar-refractivity contribution in [2.75, 3.05) is 0 Å². The lowest BCUT2D eigenvalue weighted by Gasteiger charge is -2.09. The van der Waals surface area contributed by atoms with E-state index in [1.54, 1.807) is 35.2 Å². The highest BCUT2D eigenvalue weighted by atomic mass is 35.5. The van der Waals surface area contributed by atoms with Crippen molar-refractivity contribution in [3.05, 3.63) is 53.9 Å². The summed E-state index contributed by atoms with van der Waals surface area (Å²) in [6.45, 7) is 1.92. The van der Waals surface area contributed by atoms with E-state index in [0.717, 1.165) is 11.1 Å². The van der Waals surface area contributed by atoms with Crippen LogP contribution in [0.3, 0.4) is 0 Å². The molecule has 0 aliphatic carbocycles. The van der Waals surface area contributed by atoms with Crippen LogP contribution in [0.5, 0.6) is 0 Å². The van der Waals surface area contributed by atoms with Gasteiger partial charge in [-0.25, -0.2) is 9.37 Å². The van der Waals surface area contributed by atoms with Gasteiger partial charge in [-0.15, -0.1) is 11.6 Å². The van der Waals surface area contributed by atoms with Gasteiger partial charge in [-0.3, -0.25) is 9.55 Å². The Hall–Kier alpha value is -1.94. The summed E-state index contributed by atoms with van der Waals surface area (Å²) in [4.78, 5) is 8.40. The molecule has 5 heteroatoms. The van der Waals surface area contributed by atoms with Gasteiger partial charge in [-0.1, -0.05) is 6.07 Å². The van der Waals surface area contributed by atoms with Gasteiger partial charge in [0.2, 0.25) is 0 Å². The van der Waals surface area contributed by atoms with Gasteiger partial charge in [0.15, 0.2) is 0 Å². The maximum Gasteiger partial charge on any atom is 0.147 e. The van der Waals surface area contributed by atoms with E-state index in [1.807, 2.05) is 6.92 Å². The fourth-order valence-electron chi connectivity index (χ4n) is 2.13. The standard InChI is InChI=1S/C14H11ClFN3/c1-9-2-3-10(16)13(6-9)19-12-4-5-17-8-11(12)18-14(19)7-15/h2-6,8H,7H2,1H3. The number of alkyl halides is 1. The predicted octanol–water partition coefficient (Wildman–Crippen LogP) is 3.61. The first kappa shape index (κ1) is 12.1. The molecule has 0 bridgehead atoms. The average molecular weight is 276 g/mol. The monoisotopic (exact) mass is 275 g/mol. The number of pyridine rings is 1. The van der Waals surface area contributed by atoms with Gasteiger partial charge in [0, 0.05) is 6.20 Å². The molecule has 3 nitrogen and oxygen atoms in total. The third-order valence-corrected chi connectivity index (χ3v) is 3.23. The first-order chi connectivity index (χ1) is 9.20. The van der Waals surface area contributed by atoms with Crippen molar-refractivity contribution < 1.29 is 4.39 Å². The Bertz CT molecular complexity index is 752. The van der Waals surface area contributed by atoms with Gasteiger partial charge in [0.1, 0.15) is 17.2 Å². The zero-order chi connectivity index (χ0) is 13.4. The maximum atomic E-state index is 14.1. The molecule has 2 aromatic heterocycles. The molecule has 0 fully saturated rings. The molecule has 0 radical (unpaired) electrons. The molecule has 0 aliphatic heterocycles. The first-order valence-electron chi connectivity index (χ1n) is 5.84. The summed E-state index contributed by atoms with van der Waals surface area (Å²) < 4.78 is 15.8. The molecule has 0 atom stereocenters. The Labute approximate surface area is 114 Å². The lowest BCUT2D eigenvalue weighted by Crippen LogP contribution is -2.02. The summed E-state index contributed by atoms with van der Waals surface area (Å²) in [5.41, 5.74) is 2.95. The SMILES string of the molecule is Cc1ccc(F)c(-n2c(CCl)nc3cnccc32)c1. The molecule has 0 saturated heterocycles. The molecule has 0 N–H and O–H groups in total. The molecule has 0 spiro atoms. The summed E-state index contributed by atoms with van der Waals surface area (Å²) in [7, 11) is 0. The molecule has 0 unspecified atom stereocenters. The van der Waals surface area contributed by atoms with Crippen molar-refractivity contribution in [2.45, 2.75) is 12.8 Å². The third-order valence-electron chi connectivity index (χ3n) is 2.99. The van der Waals surface area contributed by atoms with E-state index in [9.17, 15) is 4.39 Å². The Kier molecular flexibility index (Phi) is 2.95. The zero-order valence-electron chi connectivity index (χ0n) is 10.3. The molecule has 0 saturated carbocycles. The van der Waals surface area contributed by atoms with Crippen LogP contribution in [0.15, 0.2) is 36.7 Å². The van der Waals surface area contributed by atoms with E-state index in [-0.39, 0.29) is 11.7 Å². The summed E-state index contributed by atoms with van der Waals surface area (Å²) in [6.07, 6.45) is 3.31. The van der Waals surface area contributed by atoms with Crippen LogP contribution in [0.2, 0.25) is 0 Å². The second-order valence-electron chi connectivity index (χ2n) is 4.32. The molecule has 2 heterocycles. The van der Waals surface area contributed by atoms with Crippen LogP contribution in [-0.2, 0) is 5.88 Å². The average Bonchev–Trinajstić information content (AvgIpc) is 2.80. The second-order valence-corrected chi connectivity index (χ2v) is 4.58. The Morgan fingerprint density at radius 3 is 2.95 bits per heavy atom. The number of halogens is 2. The lowest BCUT2D eigenvalue weighted by molar-refractivity contribution is 0.617. The highest BCUT2D eigenvalue weighted by Gasteiger charge is 2.14. The number of aromatic nitrogens is 3. The maximum absolute atomic E-state index is 14.1. The number of nitrogens with zero attached hydrogens (tertiary/aromatic N) is 3. The molecule has 0 aliphatic rings. The fraction of sp³-hybridized carbons (Fsp3) is 0.143. The Morgan fingerprint density at radius 1 is 1.32 bits per heavy atom. The van der Waals surface area contributed by atoms with Crippen LogP contribution < -0.4 is 0 Å². The molecule has 3 rings (SSSR count). The van der Waals surface area contributed by atoms with E-state index in [0.29, 0.717) is 17.0 Å². The minimum Gasteiger partial charge on any atom is -0.292 e. The van der Waals surface area contributed by atoms with Gasteiger partial charge < -0.3 is 0 Å². The second kappa shape index (κ2) is 4.63. The largest absolute Gasteiger partial charge is 0.292 e. The smallest absolute Gasteiger partial charge is 0.147 e. The number of hydrogen-bond acceptors (Lipinski definition) is 2. The van der Waals surface area contributed by atoms with Gasteiger partial charge in [0.25, 0.3) is 0 Å². The van der Waals surface area contributed by atoms with E-state index in [1.165, 1.54) is 6.07 Å². The predicted molar refractivity (Wildman–Crippen MR) is 73.1 cm³/mol. The minimum absolute atomic E-state index is 0.210. The number of rotatable bonds is 2. The molecule has 96 valence electrons. The molecule has 3 aromatic rings. The van der Waals surface area contributed by atoms with Gasteiger partial charge in [0.05, 0.1) is 23.3 Å². The van der Waals surface area contributed by atoms with E-state index in [2.05, 4.69) is 9.97 Å². The van der Waals surface area contributed by atoms with Crippen LogP contribution in [0.1, 0.15) is 11.4 Å². The van der Waals surface area contributed by atoms with E-state index < -0.39 is 0 Å². The summed E-state index contributed by atoms with van der Waals surface area (Å²) in [5.74, 6) is 0.518. The number of hydrogen-bond donors (Lipinski definition) is 0. The highest BCUT2D eigenvalue weighted by Crippen LogP contribution is 2.24. The van der Waals surface area contributed by atoms with Crippen LogP contribution >= 0.6 is 11.6 Å². The summed E-state index contributed by atoms with van der Waals surface area (Å²) in [6, 6.07) is 6.78. The quantitative estimate of drug-likeness (QED) is 0.669. The van der Waals surface area contributed by atoms with Crippen molar-refractivity contribution in [1.82, 2.24) is 14.5 Å². The van der Waals surface area contributed by atoms with Crippen molar-refractivity contribution >= 4 is 22.6 Å². The van der Waals surface area contributed by atoms with Crippen molar-refractivity contribution in [1.29, 1.82) is 0 Å². The zero-order valence-corrected chi connectivity index (χ0v) is 11.0. The Morgan fingerprint density at radius 2 is 2.16 bits per heavy atom. The molecule has 19 heavy (non-hydrogen) atoms. The van der Waals surface area contributed by atoms with E-state index in [4.69, 9.17) is 11.6 Å². The molecule has 0 amide bonds. The van der Waals surface area contributed by atoms with Crippen molar-refractivity contribution in [2.24, 2.45) is 0 Å². The molecule has 1 aromatic carbocycles. The summed E-state index contributed by atoms with van der Waals surface area (Å²) in [5, 5.41) is 0. The van der Waals surface area contributed by atoms with Crippen LogP contribution in [0.4, 0.5) is 4.39 Å². The van der Waals surface area contributed by atoms with Crippen LogP contribution in [0.25, 0.3) is 16.7 Å². The lowest BCUT2D eigenvalue weighted by atomic mass is 10.2. The number of imidazole rings is 1. The normalized spacial score (nSPS) is 11.1. The Balaban J connectivity index is 2.37. The van der Waals surface area contributed by atoms with E-state index >= 15 is 0 Å². The minimum atomic E-state index is -0.298.